The standard InChI is InChI=1S/C14H20N2O5/c1-9(14(18)19)13(17)16-5-4-15-10-6-11(20-2)8-12(7-10)21-3/h6-9,15H,4-5H2,1-3H3,(H,16,17)(H,18,19). The van der Waals surface area contributed by atoms with Crippen LogP contribution in [0.2, 0.25) is 0 Å². The Balaban J connectivity index is 2.46. The summed E-state index contributed by atoms with van der Waals surface area (Å²) >= 11 is 0. The zero-order valence-electron chi connectivity index (χ0n) is 12.3. The van der Waals surface area contributed by atoms with Crippen LogP contribution in [0.15, 0.2) is 18.2 Å². The number of benzene rings is 1. The number of carboxylic acid groups (broad SMARTS) is 1. The van der Waals surface area contributed by atoms with Crippen LogP contribution in [0.25, 0.3) is 0 Å². The van der Waals surface area contributed by atoms with E-state index in [4.69, 9.17) is 14.6 Å². The zero-order valence-corrected chi connectivity index (χ0v) is 12.3. The van der Waals surface area contributed by atoms with E-state index in [2.05, 4.69) is 10.6 Å². The fourth-order valence-electron chi connectivity index (χ4n) is 1.57. The third-order valence-corrected chi connectivity index (χ3v) is 2.87. The lowest BCUT2D eigenvalue weighted by Gasteiger charge is -2.12. The van der Waals surface area contributed by atoms with Gasteiger partial charge in [-0.1, -0.05) is 0 Å². The van der Waals surface area contributed by atoms with Crippen molar-refractivity contribution in [2.75, 3.05) is 32.6 Å². The SMILES string of the molecule is COc1cc(NCCNC(=O)C(C)C(=O)O)cc(OC)c1. The molecule has 7 nitrogen and oxygen atoms in total. The molecule has 1 aromatic rings. The van der Waals surface area contributed by atoms with Gasteiger partial charge in [-0.25, -0.2) is 0 Å². The quantitative estimate of drug-likeness (QED) is 0.488. The number of carboxylic acids is 1. The summed E-state index contributed by atoms with van der Waals surface area (Å²) in [6, 6.07) is 5.34. The van der Waals surface area contributed by atoms with E-state index >= 15 is 0 Å². The maximum Gasteiger partial charge on any atom is 0.315 e. The second kappa shape index (κ2) is 7.98. The maximum absolute atomic E-state index is 11.4. The van der Waals surface area contributed by atoms with Crippen LogP contribution in [0, 0.1) is 5.92 Å². The van der Waals surface area contributed by atoms with Gasteiger partial charge in [-0.15, -0.1) is 0 Å². The molecule has 0 bridgehead atoms. The molecular weight excluding hydrogens is 276 g/mol. The molecule has 21 heavy (non-hydrogen) atoms. The first-order chi connectivity index (χ1) is 9.97. The number of rotatable bonds is 8. The van der Waals surface area contributed by atoms with Crippen LogP contribution in [0.1, 0.15) is 6.92 Å². The van der Waals surface area contributed by atoms with Gasteiger partial charge >= 0.3 is 5.97 Å². The fourth-order valence-corrected chi connectivity index (χ4v) is 1.57. The molecule has 0 aliphatic heterocycles. The molecule has 3 N–H and O–H groups in total. The van der Waals surface area contributed by atoms with Gasteiger partial charge in [0.05, 0.1) is 14.2 Å². The van der Waals surface area contributed by atoms with Crippen molar-refractivity contribution in [2.45, 2.75) is 6.92 Å². The average molecular weight is 296 g/mol. The van der Waals surface area contributed by atoms with Gasteiger partial charge in [0.15, 0.2) is 0 Å². The minimum absolute atomic E-state index is 0.315. The van der Waals surface area contributed by atoms with E-state index in [1.807, 2.05) is 0 Å². The van der Waals surface area contributed by atoms with Gasteiger partial charge in [0.2, 0.25) is 5.91 Å². The van der Waals surface area contributed by atoms with Gasteiger partial charge in [-0.3, -0.25) is 9.59 Å². The normalized spacial score (nSPS) is 11.4. The summed E-state index contributed by atoms with van der Waals surface area (Å²) in [6.07, 6.45) is 0. The van der Waals surface area contributed by atoms with Gasteiger partial charge in [0.25, 0.3) is 0 Å². The molecule has 0 spiro atoms. The molecular formula is C14H20N2O5. The lowest BCUT2D eigenvalue weighted by molar-refractivity contribution is -0.146. The summed E-state index contributed by atoms with van der Waals surface area (Å²) in [6.45, 7) is 2.11. The van der Waals surface area contributed by atoms with Crippen molar-refractivity contribution < 1.29 is 24.2 Å². The topological polar surface area (TPSA) is 96.9 Å². The lowest BCUT2D eigenvalue weighted by atomic mass is 10.2. The molecule has 0 aromatic heterocycles. The molecule has 0 heterocycles. The molecule has 1 unspecified atom stereocenters. The molecule has 0 aliphatic rings. The van der Waals surface area contributed by atoms with E-state index < -0.39 is 17.8 Å². The Morgan fingerprint density at radius 3 is 2.19 bits per heavy atom. The smallest absolute Gasteiger partial charge is 0.315 e. The number of carbonyl (C=O) groups is 2. The number of carbonyl (C=O) groups excluding carboxylic acids is 1. The Bertz CT molecular complexity index is 482. The van der Waals surface area contributed by atoms with Gasteiger partial charge in [0.1, 0.15) is 17.4 Å². The number of anilines is 1. The Hall–Kier alpha value is -2.44. The van der Waals surface area contributed by atoms with Crippen LogP contribution in [-0.2, 0) is 9.59 Å². The lowest BCUT2D eigenvalue weighted by Crippen LogP contribution is -2.36. The zero-order chi connectivity index (χ0) is 15.8. The minimum atomic E-state index is -1.14. The number of methoxy groups -OCH3 is 2. The molecule has 0 radical (unpaired) electrons. The van der Waals surface area contributed by atoms with Crippen molar-refractivity contribution in [2.24, 2.45) is 5.92 Å². The van der Waals surface area contributed by atoms with Crippen LogP contribution in [-0.4, -0.2) is 44.3 Å². The monoisotopic (exact) mass is 296 g/mol. The molecule has 0 aliphatic carbocycles. The highest BCUT2D eigenvalue weighted by atomic mass is 16.5. The van der Waals surface area contributed by atoms with E-state index in [1.165, 1.54) is 6.92 Å². The van der Waals surface area contributed by atoms with Crippen molar-refractivity contribution in [1.29, 1.82) is 0 Å². The van der Waals surface area contributed by atoms with Gasteiger partial charge in [-0.05, 0) is 6.92 Å². The Kier molecular flexibility index (Phi) is 6.32. The molecule has 7 heteroatoms. The summed E-state index contributed by atoms with van der Waals surface area (Å²) in [5.41, 5.74) is 0.784. The van der Waals surface area contributed by atoms with Gasteiger partial charge in [0, 0.05) is 37.0 Å². The number of aliphatic carboxylic acids is 1. The number of amides is 1. The molecule has 1 amide bonds. The van der Waals surface area contributed by atoms with E-state index in [0.717, 1.165) is 5.69 Å². The van der Waals surface area contributed by atoms with Crippen molar-refractivity contribution in [3.05, 3.63) is 18.2 Å². The van der Waals surface area contributed by atoms with E-state index in [9.17, 15) is 9.59 Å². The van der Waals surface area contributed by atoms with Crippen molar-refractivity contribution in [3.63, 3.8) is 0 Å². The Morgan fingerprint density at radius 2 is 1.71 bits per heavy atom. The van der Waals surface area contributed by atoms with Crippen molar-refractivity contribution in [1.82, 2.24) is 5.32 Å². The highest BCUT2D eigenvalue weighted by molar-refractivity contribution is 5.96. The molecule has 1 atom stereocenters. The third kappa shape index (κ3) is 5.21. The molecule has 0 saturated carbocycles. The number of nitrogens with one attached hydrogen (secondary N) is 2. The summed E-state index contributed by atoms with van der Waals surface area (Å²) in [4.78, 5) is 22.1. The van der Waals surface area contributed by atoms with Crippen molar-refractivity contribution >= 4 is 17.6 Å². The number of hydrogen-bond donors (Lipinski definition) is 3. The van der Waals surface area contributed by atoms with Crippen LogP contribution in [0.3, 0.4) is 0 Å². The highest BCUT2D eigenvalue weighted by Crippen LogP contribution is 2.25. The fraction of sp³-hybridized carbons (Fsp3) is 0.429. The van der Waals surface area contributed by atoms with Crippen LogP contribution < -0.4 is 20.1 Å². The molecule has 1 aromatic carbocycles. The first-order valence-electron chi connectivity index (χ1n) is 6.45. The summed E-state index contributed by atoms with van der Waals surface area (Å²) in [5, 5.41) is 14.3. The molecule has 116 valence electrons. The first kappa shape index (κ1) is 16.6. The van der Waals surface area contributed by atoms with Gasteiger partial charge < -0.3 is 25.2 Å². The summed E-state index contributed by atoms with van der Waals surface area (Å²) in [7, 11) is 3.12. The van der Waals surface area contributed by atoms with E-state index in [-0.39, 0.29) is 0 Å². The Morgan fingerprint density at radius 1 is 1.14 bits per heavy atom. The average Bonchev–Trinajstić information content (AvgIpc) is 2.49. The number of ether oxygens (including phenoxy) is 2. The van der Waals surface area contributed by atoms with E-state index in [0.29, 0.717) is 24.6 Å². The maximum atomic E-state index is 11.4. The largest absolute Gasteiger partial charge is 0.497 e. The second-order valence-electron chi connectivity index (χ2n) is 4.38. The third-order valence-electron chi connectivity index (χ3n) is 2.87. The highest BCUT2D eigenvalue weighted by Gasteiger charge is 2.19. The first-order valence-corrected chi connectivity index (χ1v) is 6.45. The van der Waals surface area contributed by atoms with Crippen molar-refractivity contribution in [3.8, 4) is 11.5 Å². The Labute approximate surface area is 123 Å². The van der Waals surface area contributed by atoms with Crippen LogP contribution >= 0.6 is 0 Å². The minimum Gasteiger partial charge on any atom is -0.497 e. The second-order valence-corrected chi connectivity index (χ2v) is 4.38. The predicted octanol–water partition coefficient (Wildman–Crippen LogP) is 0.953. The molecule has 0 saturated heterocycles. The predicted molar refractivity (Wildman–Crippen MR) is 77.8 cm³/mol. The van der Waals surface area contributed by atoms with Crippen LogP contribution in [0.5, 0.6) is 11.5 Å². The van der Waals surface area contributed by atoms with E-state index in [1.54, 1.807) is 32.4 Å². The van der Waals surface area contributed by atoms with Gasteiger partial charge in [-0.2, -0.15) is 0 Å². The van der Waals surface area contributed by atoms with Crippen LogP contribution in [0.4, 0.5) is 5.69 Å². The number of hydrogen-bond acceptors (Lipinski definition) is 5. The summed E-state index contributed by atoms with van der Waals surface area (Å²) in [5.74, 6) is -1.40. The molecule has 1 rings (SSSR count). The molecule has 0 fully saturated rings. The summed E-state index contributed by atoms with van der Waals surface area (Å²) < 4.78 is 10.3.